The summed E-state index contributed by atoms with van der Waals surface area (Å²) in [4.78, 5) is 11.6. The predicted octanol–water partition coefficient (Wildman–Crippen LogP) is 6.06. The molecule has 0 saturated heterocycles. The fourth-order valence-corrected chi connectivity index (χ4v) is 4.09. The molecule has 1 heterocycles. The number of aryl methyl sites for hydroxylation is 1. The van der Waals surface area contributed by atoms with Crippen LogP contribution >= 0.6 is 15.9 Å². The number of aliphatic imine (C=N–C) groups is 1. The molecule has 0 bridgehead atoms. The number of hydrogen-bond donors (Lipinski definition) is 0. The van der Waals surface area contributed by atoms with Gasteiger partial charge < -0.3 is 9.64 Å². The second-order valence-corrected chi connectivity index (χ2v) is 10.8. The number of rotatable bonds is 9. The van der Waals surface area contributed by atoms with Gasteiger partial charge in [-0.05, 0) is 66.4 Å². The molecule has 0 aliphatic carbocycles. The summed E-state index contributed by atoms with van der Waals surface area (Å²) in [5.41, 5.74) is 1.52. The second-order valence-electron chi connectivity index (χ2n) is 7.61. The lowest BCUT2D eigenvalue weighted by molar-refractivity contribution is 0.457. The molecule has 30 heavy (non-hydrogen) atoms. The maximum absolute atomic E-state index is 13.0. The molecule has 0 N–H and O–H groups in total. The van der Waals surface area contributed by atoms with Gasteiger partial charge in [-0.3, -0.25) is 0 Å². The lowest BCUT2D eigenvalue weighted by atomic mass is 10.1. The van der Waals surface area contributed by atoms with Crippen LogP contribution in [0.3, 0.4) is 0 Å². The zero-order chi connectivity index (χ0) is 22.3. The highest BCUT2D eigenvalue weighted by Gasteiger charge is 2.12. The highest BCUT2D eigenvalue weighted by molar-refractivity contribution is 9.10. The van der Waals surface area contributed by atoms with E-state index in [0.29, 0.717) is 33.5 Å². The van der Waals surface area contributed by atoms with Crippen LogP contribution in [0.25, 0.3) is 0 Å². The first-order chi connectivity index (χ1) is 14.1. The van der Waals surface area contributed by atoms with Crippen LogP contribution in [0.2, 0.25) is 0 Å². The molecule has 0 aliphatic heterocycles. The highest BCUT2D eigenvalue weighted by atomic mass is 79.9. The Morgan fingerprint density at radius 1 is 1.33 bits per heavy atom. The third-order valence-electron chi connectivity index (χ3n) is 4.50. The predicted molar refractivity (Wildman–Crippen MR) is 129 cm³/mol. The molecule has 0 spiro atoms. The maximum atomic E-state index is 13.0. The molecule has 1 aromatic carbocycles. The number of hydrogen-bond acceptors (Lipinski definition) is 5. The highest BCUT2D eigenvalue weighted by Crippen LogP contribution is 2.33. The van der Waals surface area contributed by atoms with Gasteiger partial charge in [-0.1, -0.05) is 19.9 Å². The summed E-state index contributed by atoms with van der Waals surface area (Å²) in [6.07, 6.45) is 4.37. The van der Waals surface area contributed by atoms with Crippen LogP contribution in [-0.2, 0) is 9.73 Å². The summed E-state index contributed by atoms with van der Waals surface area (Å²) >= 11 is 3.52. The topological polar surface area (TPSA) is 67.2 Å². The standard InChI is InChI=1S/C22H31BrN4O2S/c1-7-27(5)15-24-21-14-20(23)22(26-17(21)4)29-18-9-8-10-19(13-18)30(6,28)25-12-11-16(2)3/h8-10,13-16H,7,11-12H2,1-6H3. The molecule has 2 rings (SSSR count). The number of ether oxygens (including phenoxy) is 1. The molecule has 0 aliphatic rings. The van der Waals surface area contributed by atoms with Gasteiger partial charge in [0.25, 0.3) is 0 Å². The van der Waals surface area contributed by atoms with Crippen molar-refractivity contribution < 1.29 is 8.95 Å². The third kappa shape index (κ3) is 7.09. The average Bonchev–Trinajstić information content (AvgIpc) is 2.69. The van der Waals surface area contributed by atoms with E-state index in [0.717, 1.165) is 24.3 Å². The van der Waals surface area contributed by atoms with Crippen LogP contribution < -0.4 is 4.74 Å². The number of halogens is 1. The lowest BCUT2D eigenvalue weighted by Crippen LogP contribution is -2.14. The number of benzene rings is 1. The van der Waals surface area contributed by atoms with Gasteiger partial charge in [0.2, 0.25) is 5.88 Å². The van der Waals surface area contributed by atoms with Gasteiger partial charge in [0, 0.05) is 26.4 Å². The van der Waals surface area contributed by atoms with Crippen LogP contribution in [-0.4, -0.2) is 46.8 Å². The Bertz CT molecular complexity index is 1010. The first-order valence-corrected chi connectivity index (χ1v) is 12.7. The van der Waals surface area contributed by atoms with Crippen LogP contribution in [0.5, 0.6) is 11.6 Å². The fourth-order valence-electron chi connectivity index (χ4n) is 2.44. The van der Waals surface area contributed by atoms with E-state index in [1.807, 2.05) is 43.1 Å². The molecule has 0 fully saturated rings. The number of aromatic nitrogens is 1. The summed E-state index contributed by atoms with van der Waals surface area (Å²) in [6, 6.07) is 9.12. The largest absolute Gasteiger partial charge is 0.438 e. The molecular formula is C22H31BrN4O2S. The summed E-state index contributed by atoms with van der Waals surface area (Å²) in [6.45, 7) is 9.67. The molecule has 8 heteroatoms. The normalized spacial score (nSPS) is 13.5. The number of nitrogens with zero attached hydrogens (tertiary/aromatic N) is 4. The van der Waals surface area contributed by atoms with Crippen molar-refractivity contribution in [2.75, 3.05) is 26.4 Å². The Kier molecular flexibility index (Phi) is 8.85. The molecule has 0 saturated carbocycles. The summed E-state index contributed by atoms with van der Waals surface area (Å²) in [5.74, 6) is 1.53. The van der Waals surface area contributed by atoms with Crippen molar-refractivity contribution in [1.29, 1.82) is 0 Å². The summed E-state index contributed by atoms with van der Waals surface area (Å²) < 4.78 is 24.1. The minimum atomic E-state index is -2.47. The zero-order valence-electron chi connectivity index (χ0n) is 18.6. The van der Waals surface area contributed by atoms with Crippen molar-refractivity contribution in [2.45, 2.75) is 39.0 Å². The summed E-state index contributed by atoms with van der Waals surface area (Å²) in [7, 11) is -0.510. The van der Waals surface area contributed by atoms with E-state index < -0.39 is 9.73 Å². The van der Waals surface area contributed by atoms with Gasteiger partial charge in [0.05, 0.1) is 36.8 Å². The van der Waals surface area contributed by atoms with E-state index >= 15 is 0 Å². The second kappa shape index (κ2) is 10.9. The number of pyridine rings is 1. The Morgan fingerprint density at radius 3 is 2.73 bits per heavy atom. The third-order valence-corrected chi connectivity index (χ3v) is 6.87. The van der Waals surface area contributed by atoms with Crippen molar-refractivity contribution in [3.63, 3.8) is 0 Å². The van der Waals surface area contributed by atoms with Crippen LogP contribution in [0.4, 0.5) is 5.69 Å². The molecule has 0 radical (unpaired) electrons. The van der Waals surface area contributed by atoms with Gasteiger partial charge in [0.1, 0.15) is 5.75 Å². The Hall–Kier alpha value is -1.93. The lowest BCUT2D eigenvalue weighted by Gasteiger charge is -2.12. The Labute approximate surface area is 189 Å². The molecule has 1 atom stereocenters. The van der Waals surface area contributed by atoms with E-state index in [-0.39, 0.29) is 0 Å². The Balaban J connectivity index is 2.25. The van der Waals surface area contributed by atoms with E-state index in [2.05, 4.69) is 51.0 Å². The van der Waals surface area contributed by atoms with Crippen molar-refractivity contribution in [3.05, 3.63) is 40.5 Å². The van der Waals surface area contributed by atoms with Crippen molar-refractivity contribution in [1.82, 2.24) is 9.88 Å². The molecule has 2 aromatic rings. The summed E-state index contributed by atoms with van der Waals surface area (Å²) in [5, 5.41) is 0. The molecule has 164 valence electrons. The van der Waals surface area contributed by atoms with Crippen LogP contribution in [0.15, 0.2) is 49.1 Å². The monoisotopic (exact) mass is 494 g/mol. The van der Waals surface area contributed by atoms with Crippen LogP contribution in [0.1, 0.15) is 32.9 Å². The quantitative estimate of drug-likeness (QED) is 0.313. The van der Waals surface area contributed by atoms with E-state index in [1.165, 1.54) is 0 Å². The molecular weight excluding hydrogens is 464 g/mol. The van der Waals surface area contributed by atoms with Crippen LogP contribution in [0, 0.1) is 12.8 Å². The van der Waals surface area contributed by atoms with E-state index in [1.54, 1.807) is 18.7 Å². The van der Waals surface area contributed by atoms with E-state index in [4.69, 9.17) is 4.74 Å². The SMILES string of the molecule is CCN(C)C=Nc1cc(Br)c(Oc2cccc(S(C)(=O)=NCCC(C)C)c2)nc1C. The first kappa shape index (κ1) is 24.3. The fraction of sp³-hybridized carbons (Fsp3) is 0.455. The molecule has 0 amide bonds. The van der Waals surface area contributed by atoms with Gasteiger partial charge >= 0.3 is 0 Å². The molecule has 1 unspecified atom stereocenters. The molecule has 1 aromatic heterocycles. The average molecular weight is 495 g/mol. The van der Waals surface area contributed by atoms with Gasteiger partial charge in [-0.2, -0.15) is 0 Å². The van der Waals surface area contributed by atoms with Gasteiger partial charge in [-0.25, -0.2) is 18.5 Å². The minimum absolute atomic E-state index is 0.437. The van der Waals surface area contributed by atoms with E-state index in [9.17, 15) is 4.21 Å². The van der Waals surface area contributed by atoms with Crippen molar-refractivity contribution in [3.8, 4) is 11.6 Å². The smallest absolute Gasteiger partial charge is 0.233 e. The zero-order valence-corrected chi connectivity index (χ0v) is 21.0. The minimum Gasteiger partial charge on any atom is -0.438 e. The van der Waals surface area contributed by atoms with Crippen molar-refractivity contribution >= 4 is 37.7 Å². The van der Waals surface area contributed by atoms with Crippen molar-refractivity contribution in [2.24, 2.45) is 15.3 Å². The molecule has 6 nitrogen and oxygen atoms in total. The Morgan fingerprint density at radius 2 is 2.07 bits per heavy atom. The van der Waals surface area contributed by atoms with Gasteiger partial charge in [0.15, 0.2) is 0 Å². The maximum Gasteiger partial charge on any atom is 0.233 e. The van der Waals surface area contributed by atoms with Gasteiger partial charge in [-0.15, -0.1) is 0 Å². The first-order valence-electron chi connectivity index (χ1n) is 9.99.